The summed E-state index contributed by atoms with van der Waals surface area (Å²) in [5.41, 5.74) is 0. The second kappa shape index (κ2) is 4.04. The minimum Gasteiger partial charge on any atom is -0.480 e. The number of hydrogen-bond donors (Lipinski definition) is 1. The minimum absolute atomic E-state index is 0.0125. The van der Waals surface area contributed by atoms with Crippen molar-refractivity contribution in [1.82, 2.24) is 9.88 Å². The molecule has 1 aromatic rings. The first-order valence-electron chi connectivity index (χ1n) is 3.89. The van der Waals surface area contributed by atoms with Crippen molar-refractivity contribution in [2.75, 3.05) is 13.6 Å². The first-order valence-corrected chi connectivity index (χ1v) is 3.89. The standard InChI is InChI=1S/C8H12N2O3/c1-6-3-9-7(13-6)4-10(2)5-8(11)12/h3H,4-5H2,1-2H3,(H,11,12). The Labute approximate surface area is 76.0 Å². The van der Waals surface area contributed by atoms with E-state index in [1.54, 1.807) is 25.1 Å². The molecule has 5 heteroatoms. The van der Waals surface area contributed by atoms with E-state index in [1.807, 2.05) is 0 Å². The Bertz CT molecular complexity index is 295. The van der Waals surface area contributed by atoms with E-state index >= 15 is 0 Å². The Balaban J connectivity index is 2.44. The third-order valence-electron chi connectivity index (χ3n) is 1.48. The van der Waals surface area contributed by atoms with E-state index in [1.165, 1.54) is 0 Å². The lowest BCUT2D eigenvalue weighted by Crippen LogP contribution is -2.25. The van der Waals surface area contributed by atoms with Crippen LogP contribution in [0.15, 0.2) is 10.6 Å². The summed E-state index contributed by atoms with van der Waals surface area (Å²) in [5.74, 6) is 0.422. The maximum atomic E-state index is 10.3. The summed E-state index contributed by atoms with van der Waals surface area (Å²) in [6.07, 6.45) is 1.62. The number of carboxylic acid groups (broad SMARTS) is 1. The van der Waals surface area contributed by atoms with Gasteiger partial charge in [-0.05, 0) is 14.0 Å². The van der Waals surface area contributed by atoms with Gasteiger partial charge < -0.3 is 9.52 Å². The van der Waals surface area contributed by atoms with Crippen molar-refractivity contribution in [3.8, 4) is 0 Å². The molecule has 0 aliphatic rings. The zero-order valence-electron chi connectivity index (χ0n) is 7.65. The molecule has 1 rings (SSSR count). The third-order valence-corrected chi connectivity index (χ3v) is 1.48. The predicted octanol–water partition coefficient (Wildman–Crippen LogP) is 0.499. The summed E-state index contributed by atoms with van der Waals surface area (Å²) in [7, 11) is 1.70. The second-order valence-electron chi connectivity index (χ2n) is 2.93. The summed E-state index contributed by atoms with van der Waals surface area (Å²) in [5, 5.41) is 8.47. The molecule has 1 aromatic heterocycles. The van der Waals surface area contributed by atoms with E-state index in [0.717, 1.165) is 5.76 Å². The van der Waals surface area contributed by atoms with Crippen LogP contribution in [0.1, 0.15) is 11.7 Å². The summed E-state index contributed by atoms with van der Waals surface area (Å²) >= 11 is 0. The number of likely N-dealkylation sites (N-methyl/N-ethyl adjacent to an activating group) is 1. The number of aryl methyl sites for hydroxylation is 1. The lowest BCUT2D eigenvalue weighted by Gasteiger charge is -2.10. The summed E-state index contributed by atoms with van der Waals surface area (Å²) < 4.78 is 5.19. The highest BCUT2D eigenvalue weighted by Gasteiger charge is 2.08. The Morgan fingerprint density at radius 1 is 1.77 bits per heavy atom. The van der Waals surface area contributed by atoms with Crippen LogP contribution >= 0.6 is 0 Å². The van der Waals surface area contributed by atoms with Gasteiger partial charge in [-0.1, -0.05) is 0 Å². The van der Waals surface area contributed by atoms with E-state index in [4.69, 9.17) is 9.52 Å². The van der Waals surface area contributed by atoms with Gasteiger partial charge in [-0.15, -0.1) is 0 Å². The van der Waals surface area contributed by atoms with Crippen LogP contribution in [0, 0.1) is 6.92 Å². The minimum atomic E-state index is -0.856. The fourth-order valence-electron chi connectivity index (χ4n) is 0.992. The van der Waals surface area contributed by atoms with Crippen LogP contribution in [-0.2, 0) is 11.3 Å². The van der Waals surface area contributed by atoms with Crippen molar-refractivity contribution >= 4 is 5.97 Å². The van der Waals surface area contributed by atoms with Gasteiger partial charge in [0.15, 0.2) is 0 Å². The highest BCUT2D eigenvalue weighted by atomic mass is 16.4. The smallest absolute Gasteiger partial charge is 0.317 e. The third kappa shape index (κ3) is 3.25. The van der Waals surface area contributed by atoms with Crippen LogP contribution in [0.3, 0.4) is 0 Å². The first-order chi connectivity index (χ1) is 6.08. The number of aliphatic carboxylic acids is 1. The second-order valence-corrected chi connectivity index (χ2v) is 2.93. The molecular formula is C8H12N2O3. The highest BCUT2D eigenvalue weighted by molar-refractivity contribution is 5.68. The van der Waals surface area contributed by atoms with Gasteiger partial charge in [0.25, 0.3) is 0 Å². The lowest BCUT2D eigenvalue weighted by atomic mass is 10.5. The molecule has 0 aromatic carbocycles. The molecular weight excluding hydrogens is 172 g/mol. The Morgan fingerprint density at radius 2 is 2.46 bits per heavy atom. The van der Waals surface area contributed by atoms with Crippen LogP contribution in [0.25, 0.3) is 0 Å². The average Bonchev–Trinajstić information content (AvgIpc) is 2.33. The van der Waals surface area contributed by atoms with Crippen molar-refractivity contribution in [2.24, 2.45) is 0 Å². The number of oxazole rings is 1. The van der Waals surface area contributed by atoms with Crippen molar-refractivity contribution in [3.63, 3.8) is 0 Å². The maximum Gasteiger partial charge on any atom is 0.317 e. The van der Waals surface area contributed by atoms with Crippen LogP contribution < -0.4 is 0 Å². The van der Waals surface area contributed by atoms with Gasteiger partial charge in [-0.3, -0.25) is 9.69 Å². The van der Waals surface area contributed by atoms with E-state index in [9.17, 15) is 4.79 Å². The van der Waals surface area contributed by atoms with Crippen molar-refractivity contribution in [1.29, 1.82) is 0 Å². The molecule has 13 heavy (non-hydrogen) atoms. The molecule has 1 heterocycles. The van der Waals surface area contributed by atoms with Gasteiger partial charge in [-0.2, -0.15) is 0 Å². The summed E-state index contributed by atoms with van der Waals surface area (Å²) in [6.45, 7) is 2.20. The highest BCUT2D eigenvalue weighted by Crippen LogP contribution is 2.03. The molecule has 0 spiro atoms. The maximum absolute atomic E-state index is 10.3. The van der Waals surface area contributed by atoms with Gasteiger partial charge in [0.1, 0.15) is 5.76 Å². The fraction of sp³-hybridized carbons (Fsp3) is 0.500. The fourth-order valence-corrected chi connectivity index (χ4v) is 0.992. The van der Waals surface area contributed by atoms with Crippen LogP contribution in [-0.4, -0.2) is 34.6 Å². The molecule has 0 unspecified atom stereocenters. The molecule has 0 bridgehead atoms. The van der Waals surface area contributed by atoms with Gasteiger partial charge >= 0.3 is 5.97 Å². The number of carbonyl (C=O) groups is 1. The molecule has 0 saturated carbocycles. The van der Waals surface area contributed by atoms with Gasteiger partial charge in [-0.25, -0.2) is 4.98 Å². The number of aromatic nitrogens is 1. The van der Waals surface area contributed by atoms with E-state index in [-0.39, 0.29) is 6.54 Å². The molecule has 1 N–H and O–H groups in total. The topological polar surface area (TPSA) is 66.6 Å². The first kappa shape index (κ1) is 9.73. The Morgan fingerprint density at radius 3 is 2.92 bits per heavy atom. The largest absolute Gasteiger partial charge is 0.480 e. The predicted molar refractivity (Wildman–Crippen MR) is 45.2 cm³/mol. The Kier molecular flexibility index (Phi) is 3.02. The van der Waals surface area contributed by atoms with Gasteiger partial charge in [0, 0.05) is 0 Å². The molecule has 0 aliphatic carbocycles. The van der Waals surface area contributed by atoms with Crippen LogP contribution in [0.5, 0.6) is 0 Å². The van der Waals surface area contributed by atoms with Gasteiger partial charge in [0.05, 0.1) is 19.3 Å². The zero-order chi connectivity index (χ0) is 9.84. The molecule has 5 nitrogen and oxygen atoms in total. The molecule has 0 amide bonds. The van der Waals surface area contributed by atoms with E-state index < -0.39 is 5.97 Å². The normalized spacial score (nSPS) is 10.7. The average molecular weight is 184 g/mol. The summed E-state index contributed by atoms with van der Waals surface area (Å²) in [4.78, 5) is 15.9. The van der Waals surface area contributed by atoms with Gasteiger partial charge in [0.2, 0.25) is 5.89 Å². The van der Waals surface area contributed by atoms with Crippen LogP contribution in [0.2, 0.25) is 0 Å². The molecule has 0 fully saturated rings. The number of hydrogen-bond acceptors (Lipinski definition) is 4. The Hall–Kier alpha value is -1.36. The van der Waals surface area contributed by atoms with Crippen molar-refractivity contribution in [3.05, 3.63) is 17.8 Å². The monoisotopic (exact) mass is 184 g/mol. The number of nitrogens with zero attached hydrogens (tertiary/aromatic N) is 2. The quantitative estimate of drug-likeness (QED) is 0.738. The van der Waals surface area contributed by atoms with Crippen molar-refractivity contribution in [2.45, 2.75) is 13.5 Å². The van der Waals surface area contributed by atoms with Crippen LogP contribution in [0.4, 0.5) is 0 Å². The zero-order valence-corrected chi connectivity index (χ0v) is 7.65. The summed E-state index contributed by atoms with van der Waals surface area (Å²) in [6, 6.07) is 0. The van der Waals surface area contributed by atoms with E-state index in [0.29, 0.717) is 12.4 Å². The SMILES string of the molecule is Cc1cnc(CN(C)CC(=O)O)o1. The number of carboxylic acids is 1. The van der Waals surface area contributed by atoms with Crippen molar-refractivity contribution < 1.29 is 14.3 Å². The molecule has 72 valence electrons. The molecule has 0 aliphatic heterocycles. The molecule has 0 saturated heterocycles. The molecule has 0 radical (unpaired) electrons. The number of rotatable bonds is 4. The molecule has 0 atom stereocenters. The lowest BCUT2D eigenvalue weighted by molar-refractivity contribution is -0.138. The van der Waals surface area contributed by atoms with E-state index in [2.05, 4.69) is 4.98 Å².